The number of aromatic nitrogens is 2. The van der Waals surface area contributed by atoms with Gasteiger partial charge in [0, 0.05) is 0 Å². The summed E-state index contributed by atoms with van der Waals surface area (Å²) in [6.45, 7) is 2.12. The van der Waals surface area contributed by atoms with Gasteiger partial charge in [-0.05, 0) is 36.2 Å². The number of fused-ring (bicyclic) bond motifs is 1. The second-order valence-electron chi connectivity index (χ2n) is 4.79. The average Bonchev–Trinajstić information content (AvgIpc) is 2.92. The molecule has 4 heteroatoms. The Bertz CT molecular complexity index is 843. The maximum Gasteiger partial charge on any atom is 0.129 e. The number of alkyl halides is 1. The Morgan fingerprint density at radius 1 is 1.24 bits per heavy atom. The predicted octanol–water partition coefficient (Wildman–Crippen LogP) is 4.20. The molecule has 0 saturated carbocycles. The monoisotopic (exact) mass is 295 g/mol. The molecule has 3 aromatic rings. The summed E-state index contributed by atoms with van der Waals surface area (Å²) in [6, 6.07) is 15.9. The number of para-hydroxylation sites is 1. The zero-order valence-electron chi connectivity index (χ0n) is 11.7. The largest absolute Gasteiger partial charge is 0.295 e. The van der Waals surface area contributed by atoms with Crippen molar-refractivity contribution in [2.24, 2.45) is 0 Å². The van der Waals surface area contributed by atoms with Crippen LogP contribution in [0.5, 0.6) is 0 Å². The summed E-state index contributed by atoms with van der Waals surface area (Å²) in [6.07, 6.45) is 0.926. The van der Waals surface area contributed by atoms with Crippen molar-refractivity contribution in [2.45, 2.75) is 19.2 Å². The van der Waals surface area contributed by atoms with E-state index in [9.17, 15) is 0 Å². The highest BCUT2D eigenvalue weighted by Gasteiger charge is 2.14. The first-order valence-corrected chi connectivity index (χ1v) is 7.37. The molecule has 1 aromatic heterocycles. The van der Waals surface area contributed by atoms with Crippen molar-refractivity contribution in [1.82, 2.24) is 9.55 Å². The molecule has 2 aromatic carbocycles. The van der Waals surface area contributed by atoms with Gasteiger partial charge in [0.2, 0.25) is 0 Å². The second kappa shape index (κ2) is 5.59. The number of nitriles is 1. The third-order valence-corrected chi connectivity index (χ3v) is 3.83. The van der Waals surface area contributed by atoms with Gasteiger partial charge in [-0.15, -0.1) is 11.6 Å². The Morgan fingerprint density at radius 2 is 2.05 bits per heavy atom. The van der Waals surface area contributed by atoms with E-state index in [1.165, 1.54) is 5.56 Å². The lowest BCUT2D eigenvalue weighted by Gasteiger charge is -2.12. The number of rotatable bonds is 3. The van der Waals surface area contributed by atoms with Crippen LogP contribution < -0.4 is 0 Å². The van der Waals surface area contributed by atoms with E-state index in [2.05, 4.69) is 34.7 Å². The molecule has 1 heterocycles. The number of hydrogen-bond acceptors (Lipinski definition) is 2. The van der Waals surface area contributed by atoms with E-state index in [0.29, 0.717) is 11.4 Å². The van der Waals surface area contributed by atoms with Crippen LogP contribution in [-0.4, -0.2) is 9.55 Å². The molecule has 0 fully saturated rings. The fraction of sp³-hybridized carbons (Fsp3) is 0.176. The van der Waals surface area contributed by atoms with Gasteiger partial charge >= 0.3 is 0 Å². The zero-order valence-corrected chi connectivity index (χ0v) is 12.4. The molecule has 0 aliphatic carbocycles. The van der Waals surface area contributed by atoms with Crippen LogP contribution in [0.25, 0.3) is 16.7 Å². The van der Waals surface area contributed by atoms with Crippen LogP contribution in [0.4, 0.5) is 0 Å². The van der Waals surface area contributed by atoms with E-state index >= 15 is 0 Å². The molecule has 0 bridgehead atoms. The lowest BCUT2D eigenvalue weighted by atomic mass is 10.1. The standard InChI is InChI=1S/C17H14ClN3/c1-2-13-5-3-4-6-15(13)21-16-9-12(11-19)7-8-14(16)20-17(21)10-18/h3-9H,2,10H2,1H3. The molecule has 0 atom stereocenters. The highest BCUT2D eigenvalue weighted by molar-refractivity contribution is 6.17. The number of halogens is 1. The summed E-state index contributed by atoms with van der Waals surface area (Å²) in [7, 11) is 0. The number of imidazole rings is 1. The van der Waals surface area contributed by atoms with Crippen LogP contribution in [0.3, 0.4) is 0 Å². The molecular weight excluding hydrogens is 282 g/mol. The van der Waals surface area contributed by atoms with Crippen LogP contribution in [0.15, 0.2) is 42.5 Å². The number of nitrogens with zero attached hydrogens (tertiary/aromatic N) is 3. The van der Waals surface area contributed by atoms with E-state index in [-0.39, 0.29) is 0 Å². The first kappa shape index (κ1) is 13.7. The van der Waals surface area contributed by atoms with Crippen molar-refractivity contribution in [2.75, 3.05) is 0 Å². The molecule has 0 aliphatic heterocycles. The molecule has 0 N–H and O–H groups in total. The van der Waals surface area contributed by atoms with Crippen molar-refractivity contribution in [3.8, 4) is 11.8 Å². The predicted molar refractivity (Wildman–Crippen MR) is 84.7 cm³/mol. The maximum atomic E-state index is 9.12. The van der Waals surface area contributed by atoms with Crippen molar-refractivity contribution < 1.29 is 0 Å². The second-order valence-corrected chi connectivity index (χ2v) is 5.06. The van der Waals surface area contributed by atoms with E-state index in [4.69, 9.17) is 16.9 Å². The summed E-state index contributed by atoms with van der Waals surface area (Å²) in [5.74, 6) is 1.12. The average molecular weight is 296 g/mol. The molecule has 0 aliphatic rings. The smallest absolute Gasteiger partial charge is 0.129 e. The highest BCUT2D eigenvalue weighted by atomic mass is 35.5. The summed E-state index contributed by atoms with van der Waals surface area (Å²) in [4.78, 5) is 4.58. The van der Waals surface area contributed by atoms with Gasteiger partial charge in [0.25, 0.3) is 0 Å². The first-order valence-electron chi connectivity index (χ1n) is 6.84. The van der Waals surface area contributed by atoms with Crippen molar-refractivity contribution >= 4 is 22.6 Å². The van der Waals surface area contributed by atoms with Gasteiger partial charge in [-0.1, -0.05) is 25.1 Å². The summed E-state index contributed by atoms with van der Waals surface area (Å²) >= 11 is 6.07. The Labute approximate surface area is 128 Å². The lowest BCUT2D eigenvalue weighted by Crippen LogP contribution is -2.02. The van der Waals surface area contributed by atoms with Crippen LogP contribution in [0.1, 0.15) is 23.9 Å². The van der Waals surface area contributed by atoms with Gasteiger partial charge in [-0.2, -0.15) is 5.26 Å². The molecule has 0 amide bonds. The molecule has 21 heavy (non-hydrogen) atoms. The minimum atomic E-state index is 0.328. The van der Waals surface area contributed by atoms with Crippen LogP contribution in [-0.2, 0) is 12.3 Å². The Kier molecular flexibility index (Phi) is 3.64. The van der Waals surface area contributed by atoms with Gasteiger partial charge in [-0.25, -0.2) is 4.98 Å². The molecule has 0 radical (unpaired) electrons. The van der Waals surface area contributed by atoms with E-state index in [1.807, 2.05) is 24.3 Å². The van der Waals surface area contributed by atoms with E-state index in [0.717, 1.165) is 29.0 Å². The third kappa shape index (κ3) is 2.28. The fourth-order valence-electron chi connectivity index (χ4n) is 2.58. The first-order chi connectivity index (χ1) is 10.3. The Balaban J connectivity index is 2.37. The third-order valence-electron chi connectivity index (χ3n) is 3.59. The Morgan fingerprint density at radius 3 is 2.76 bits per heavy atom. The van der Waals surface area contributed by atoms with Crippen molar-refractivity contribution in [3.63, 3.8) is 0 Å². The SMILES string of the molecule is CCc1ccccc1-n1c(CCl)nc2ccc(C#N)cc21. The van der Waals surface area contributed by atoms with Crippen LogP contribution >= 0.6 is 11.6 Å². The van der Waals surface area contributed by atoms with Crippen LogP contribution in [0.2, 0.25) is 0 Å². The van der Waals surface area contributed by atoms with Gasteiger partial charge in [0.05, 0.1) is 34.2 Å². The highest BCUT2D eigenvalue weighted by Crippen LogP contribution is 2.26. The van der Waals surface area contributed by atoms with Crippen molar-refractivity contribution in [1.29, 1.82) is 5.26 Å². The number of hydrogen-bond donors (Lipinski definition) is 0. The molecule has 104 valence electrons. The molecule has 3 nitrogen and oxygen atoms in total. The quantitative estimate of drug-likeness (QED) is 0.680. The molecule has 0 spiro atoms. The topological polar surface area (TPSA) is 41.6 Å². The van der Waals surface area contributed by atoms with E-state index < -0.39 is 0 Å². The minimum absolute atomic E-state index is 0.328. The minimum Gasteiger partial charge on any atom is -0.295 e. The number of benzene rings is 2. The van der Waals surface area contributed by atoms with Gasteiger partial charge in [0.1, 0.15) is 5.82 Å². The molecule has 0 saturated heterocycles. The van der Waals surface area contributed by atoms with Crippen LogP contribution in [0, 0.1) is 11.3 Å². The maximum absolute atomic E-state index is 9.12. The van der Waals surface area contributed by atoms with E-state index in [1.54, 1.807) is 6.07 Å². The summed E-state index contributed by atoms with van der Waals surface area (Å²) in [5.41, 5.74) is 4.71. The normalized spacial score (nSPS) is 10.7. The molecular formula is C17H14ClN3. The van der Waals surface area contributed by atoms with Gasteiger partial charge < -0.3 is 0 Å². The molecule has 0 unspecified atom stereocenters. The lowest BCUT2D eigenvalue weighted by molar-refractivity contribution is 0.955. The Hall–Kier alpha value is -2.31. The summed E-state index contributed by atoms with van der Waals surface area (Å²) in [5, 5.41) is 9.12. The zero-order chi connectivity index (χ0) is 14.8. The van der Waals surface area contributed by atoms with Gasteiger partial charge in [-0.3, -0.25) is 4.57 Å². The number of aryl methyl sites for hydroxylation is 1. The molecule has 3 rings (SSSR count). The van der Waals surface area contributed by atoms with Crippen molar-refractivity contribution in [3.05, 3.63) is 59.4 Å². The fourth-order valence-corrected chi connectivity index (χ4v) is 2.76. The van der Waals surface area contributed by atoms with Gasteiger partial charge in [0.15, 0.2) is 0 Å². The summed E-state index contributed by atoms with van der Waals surface area (Å²) < 4.78 is 2.06.